The highest BCUT2D eigenvalue weighted by molar-refractivity contribution is 6.35. The Kier molecular flexibility index (Phi) is 28.0. The van der Waals surface area contributed by atoms with Crippen LogP contribution in [0.3, 0.4) is 0 Å². The van der Waals surface area contributed by atoms with Crippen LogP contribution in [-0.4, -0.2) is 224 Å². The van der Waals surface area contributed by atoms with E-state index in [0.29, 0.717) is 73.6 Å². The van der Waals surface area contributed by atoms with Crippen molar-refractivity contribution in [2.24, 2.45) is 16.4 Å². The number of nitrogens with one attached hydrogen (secondary N) is 3. The lowest BCUT2D eigenvalue weighted by molar-refractivity contribution is -0.718. The minimum atomic E-state index is -1.88. The Labute approximate surface area is 604 Å². The average Bonchev–Trinajstić information content (AvgIpc) is 1.47. The van der Waals surface area contributed by atoms with Crippen LogP contribution in [0.15, 0.2) is 89.6 Å². The number of epoxide rings is 1. The van der Waals surface area contributed by atoms with E-state index in [1.807, 2.05) is 61.5 Å². The summed E-state index contributed by atoms with van der Waals surface area (Å²) >= 11 is 6.84. The highest BCUT2D eigenvalue weighted by atomic mass is 35.5. The van der Waals surface area contributed by atoms with Crippen LogP contribution in [0.2, 0.25) is 5.02 Å². The molecule has 3 fully saturated rings. The number of hydrogen-bond donors (Lipinski definition) is 4. The molecule has 0 aromatic heterocycles. The zero-order valence-corrected chi connectivity index (χ0v) is 62.2. The van der Waals surface area contributed by atoms with Gasteiger partial charge in [0.15, 0.2) is 17.1 Å². The van der Waals surface area contributed by atoms with Crippen molar-refractivity contribution < 1.29 is 85.8 Å². The number of rotatable bonds is 31. The molecule has 3 aromatic carbocycles. The number of benzene rings is 3. The van der Waals surface area contributed by atoms with Gasteiger partial charge in [-0.15, -0.1) is 0 Å². The van der Waals surface area contributed by atoms with Crippen molar-refractivity contribution in [1.29, 1.82) is 5.53 Å². The maximum atomic E-state index is 14.4. The maximum absolute atomic E-state index is 14.4. The number of quaternary nitrogens is 1. The summed E-state index contributed by atoms with van der Waals surface area (Å²) in [5.41, 5.74) is 12.2. The van der Waals surface area contributed by atoms with Crippen molar-refractivity contribution in [1.82, 2.24) is 20.4 Å². The first kappa shape index (κ1) is 80.0. The number of allylic oxidation sites excluding steroid dienone is 3. The lowest BCUT2D eigenvalue weighted by atomic mass is 9.83. The van der Waals surface area contributed by atoms with Crippen molar-refractivity contribution in [2.75, 3.05) is 125 Å². The minimum Gasteiger partial charge on any atom is -0.495 e. The molecule has 2 unspecified atom stereocenters. The SMILES string of the molecule is CCC(C)(C)C1C[N+]1(C)C1=C(N=N)c2ccccc2CN(C(=O)CCNC(=O)CCOCCOCCOCCOCCN(C)C(=O)CCCC(=O)N(C)[C@@H](C)C(=O)O[C@H]2CC(=O)N(C)c3cc(cc(OC)c3Cl)C/C(C)=C\C=C\[C@@H](OC)[C@@]3(O)C[C@H](OC(=O)N3)[C@@H](C)[C@@H]3O[C@@]23C)c2ccccc21. The van der Waals surface area contributed by atoms with Gasteiger partial charge in [-0.25, -0.2) is 15.1 Å². The molecule has 8 rings (SSSR count). The van der Waals surface area contributed by atoms with Gasteiger partial charge in [0.05, 0.1) is 103 Å². The number of halogens is 1. The predicted octanol–water partition coefficient (Wildman–Crippen LogP) is 8.77. The number of carbonyl (C=O) groups excluding carboxylic acids is 7. The van der Waals surface area contributed by atoms with E-state index in [9.17, 15) is 38.7 Å². The second kappa shape index (κ2) is 35.7. The number of fused-ring (bicyclic) bond motifs is 7. The molecule has 102 heavy (non-hydrogen) atoms. The Morgan fingerprint density at radius 2 is 1.56 bits per heavy atom. The second-order valence-electron chi connectivity index (χ2n) is 28.1. The number of aliphatic hydroxyl groups is 1. The van der Waals surface area contributed by atoms with E-state index in [-0.39, 0.29) is 106 Å². The van der Waals surface area contributed by atoms with E-state index >= 15 is 0 Å². The first-order chi connectivity index (χ1) is 48.6. The molecule has 0 aliphatic carbocycles. The highest BCUT2D eigenvalue weighted by Crippen LogP contribution is 2.55. The minimum absolute atomic E-state index is 0.0471. The Bertz CT molecular complexity index is 3610. The van der Waals surface area contributed by atoms with E-state index in [2.05, 4.69) is 43.6 Å². The van der Waals surface area contributed by atoms with Crippen LogP contribution >= 0.6 is 11.6 Å². The molecule has 558 valence electrons. The number of amides is 6. The number of likely N-dealkylation sites (N-methyl/N-ethyl adjacent to an activating group) is 3. The predicted molar refractivity (Wildman–Crippen MR) is 383 cm³/mol. The van der Waals surface area contributed by atoms with Crippen LogP contribution < -0.4 is 25.2 Å². The quantitative estimate of drug-likeness (QED) is 0.0154. The van der Waals surface area contributed by atoms with Crippen molar-refractivity contribution in [3.63, 3.8) is 0 Å². The summed E-state index contributed by atoms with van der Waals surface area (Å²) in [4.78, 5) is 101. The van der Waals surface area contributed by atoms with Crippen molar-refractivity contribution in [3.05, 3.63) is 112 Å². The maximum Gasteiger partial charge on any atom is 0.409 e. The largest absolute Gasteiger partial charge is 0.495 e. The first-order valence-corrected chi connectivity index (χ1v) is 35.6. The van der Waals surface area contributed by atoms with Crippen molar-refractivity contribution in [2.45, 2.75) is 161 Å². The van der Waals surface area contributed by atoms with Crippen LogP contribution in [0.1, 0.15) is 122 Å². The molecule has 4 bridgehead atoms. The zero-order chi connectivity index (χ0) is 74.3. The Morgan fingerprint density at radius 3 is 2.23 bits per heavy atom. The number of para-hydroxylation sites is 1. The fraction of sp³-hybridized carbons (Fsp3) is 0.587. The van der Waals surface area contributed by atoms with E-state index in [1.54, 1.807) is 57.1 Å². The zero-order valence-electron chi connectivity index (χ0n) is 61.4. The Morgan fingerprint density at radius 1 is 0.912 bits per heavy atom. The van der Waals surface area contributed by atoms with Gasteiger partial charge in [0, 0.05) is 90.3 Å². The molecule has 10 atom stereocenters. The van der Waals surface area contributed by atoms with Crippen LogP contribution in [0.5, 0.6) is 5.75 Å². The fourth-order valence-electron chi connectivity index (χ4n) is 13.7. The van der Waals surface area contributed by atoms with E-state index in [4.69, 9.17) is 59.8 Å². The van der Waals surface area contributed by atoms with E-state index in [0.717, 1.165) is 52.2 Å². The third kappa shape index (κ3) is 19.6. The molecule has 3 saturated heterocycles. The fourth-order valence-corrected chi connectivity index (χ4v) is 14.0. The number of carbonyl (C=O) groups is 7. The van der Waals surface area contributed by atoms with Gasteiger partial charge in [0.25, 0.3) is 0 Å². The molecule has 0 saturated carbocycles. The molecular weight excluding hydrogens is 1330 g/mol. The molecule has 0 spiro atoms. The number of anilines is 2. The summed E-state index contributed by atoms with van der Waals surface area (Å²) in [7, 11) is 9.75. The van der Waals surface area contributed by atoms with E-state index in [1.165, 1.54) is 42.9 Å². The normalized spacial score (nSPS) is 25.3. The van der Waals surface area contributed by atoms with Gasteiger partial charge in [0.1, 0.15) is 53.3 Å². The summed E-state index contributed by atoms with van der Waals surface area (Å²) < 4.78 is 52.7. The molecule has 0 radical (unpaired) electrons. The molecule has 5 heterocycles. The molecule has 4 N–H and O–H groups in total. The monoisotopic (exact) mass is 1440 g/mol. The summed E-state index contributed by atoms with van der Waals surface area (Å²) in [5, 5.41) is 21.7. The summed E-state index contributed by atoms with van der Waals surface area (Å²) in [6, 6.07) is 18.5. The molecule has 26 nitrogen and oxygen atoms in total. The van der Waals surface area contributed by atoms with Gasteiger partial charge in [-0.1, -0.05) is 99.5 Å². The number of hydrogen-bond acceptors (Lipinski definition) is 19. The smallest absolute Gasteiger partial charge is 0.409 e. The second-order valence-corrected chi connectivity index (χ2v) is 28.5. The standard InChI is InChI=1S/C75H104ClN9O17/c1-14-73(5,6)59-47-85(59,11)69-54-24-17-18-25-55(54)84(46-52-22-15-16-23-53(52)68(69)80-77)65(89)29-31-78-62(86)30-33-96-35-37-98-39-40-99-38-36-97-34-32-81(8)63(87)27-20-28-64(88)82(9)50(4)71(91)101-61-44-66(90)83(10)56-42-51(43-57(94-12)67(56)76)41-48(2)21-19-26-60(95-13)75(93)45-58(100-72(92)79-75)49(3)70-74(61,7)102-70/h15-19,21-26,42-43,49-50,58-61,70,77,93H,14,20,27-41,44-47H2,1-13H3,(H-,78,79,86,92)/p+1/b26-19+,48-21-,69-68?,80-77?/t49-,50+,58+,59?,60-,61+,70+,74+,75+,85?/m1/s1. The van der Waals surface area contributed by atoms with Gasteiger partial charge < -0.3 is 72.7 Å². The van der Waals surface area contributed by atoms with Crippen LogP contribution in [0.25, 0.3) is 11.4 Å². The van der Waals surface area contributed by atoms with Crippen molar-refractivity contribution >= 4 is 76.0 Å². The number of methoxy groups -OCH3 is 2. The molecule has 27 heteroatoms. The van der Waals surface area contributed by atoms with Gasteiger partial charge in [-0.2, -0.15) is 5.11 Å². The number of ether oxygens (including phenoxy) is 9. The number of esters is 1. The summed E-state index contributed by atoms with van der Waals surface area (Å²) in [6.45, 7) is 17.5. The van der Waals surface area contributed by atoms with Gasteiger partial charge in [-0.05, 0) is 75.4 Å². The lowest BCUT2D eigenvalue weighted by Crippen LogP contribution is -2.63. The van der Waals surface area contributed by atoms with Crippen LogP contribution in [0.4, 0.5) is 16.2 Å². The third-order valence-corrected chi connectivity index (χ3v) is 21.1. The average molecular weight is 1440 g/mol. The topological polar surface area (TPSA) is 299 Å². The Balaban J connectivity index is 0.699. The van der Waals surface area contributed by atoms with E-state index < -0.39 is 71.6 Å². The summed E-state index contributed by atoms with van der Waals surface area (Å²) in [6.07, 6.45) is 1.83. The number of alkyl carbamates (subject to hydrolysis) is 1. The first-order valence-electron chi connectivity index (χ1n) is 35.2. The summed E-state index contributed by atoms with van der Waals surface area (Å²) in [5.74, 6) is -2.54. The van der Waals surface area contributed by atoms with Gasteiger partial charge in [0.2, 0.25) is 29.5 Å². The third-order valence-electron chi connectivity index (χ3n) is 20.7. The van der Waals surface area contributed by atoms with Crippen LogP contribution in [0, 0.1) is 16.9 Å². The highest BCUT2D eigenvalue weighted by Gasteiger charge is 2.65. The molecule has 5 aliphatic rings. The molecule has 6 amide bonds. The Hall–Kier alpha value is -7.66. The van der Waals surface area contributed by atoms with Gasteiger partial charge in [-0.3, -0.25) is 33.8 Å². The molecule has 5 aliphatic heterocycles. The van der Waals surface area contributed by atoms with Crippen LogP contribution in [-0.2, 0) is 79.6 Å². The molecule has 3 aromatic rings. The van der Waals surface area contributed by atoms with Crippen molar-refractivity contribution in [3.8, 4) is 5.75 Å². The number of nitrogens with zero attached hydrogens (tertiary/aromatic N) is 6. The van der Waals surface area contributed by atoms with Gasteiger partial charge >= 0.3 is 12.1 Å². The lowest BCUT2D eigenvalue weighted by Gasteiger charge is -2.42. The molecular formula is C75H105ClN9O17+.